The summed E-state index contributed by atoms with van der Waals surface area (Å²) in [5.41, 5.74) is 0. The van der Waals surface area contributed by atoms with Crippen LogP contribution in [0.25, 0.3) is 0 Å². The zero-order chi connectivity index (χ0) is 19.7. The van der Waals surface area contributed by atoms with Gasteiger partial charge in [0.1, 0.15) is 0 Å². The summed E-state index contributed by atoms with van der Waals surface area (Å²) in [4.78, 5) is 11.0. The Bertz CT molecular complexity index is 441. The molecular weight excluding hydrogens is 379 g/mol. The third kappa shape index (κ3) is 22.5. The molecule has 0 aliphatic carbocycles. The van der Waals surface area contributed by atoms with E-state index in [9.17, 15) is 17.8 Å². The van der Waals surface area contributed by atoms with Gasteiger partial charge in [0.2, 0.25) is 10.4 Å². The van der Waals surface area contributed by atoms with Crippen LogP contribution in [0, 0.1) is 0 Å². The molecule has 6 nitrogen and oxygen atoms in total. The van der Waals surface area contributed by atoms with Crippen LogP contribution >= 0.6 is 0 Å². The molecule has 0 heterocycles. The van der Waals surface area contributed by atoms with Crippen LogP contribution in [-0.4, -0.2) is 32.2 Å². The first-order chi connectivity index (χ1) is 12.4. The van der Waals surface area contributed by atoms with Gasteiger partial charge in [-0.25, -0.2) is 8.42 Å². The fourth-order valence-corrected chi connectivity index (χ4v) is 3.54. The number of carbonyl (C=O) groups is 1. The van der Waals surface area contributed by atoms with Crippen LogP contribution in [-0.2, 0) is 24.1 Å². The maximum absolute atomic E-state index is 11.0. The molecule has 0 aliphatic rings. The van der Waals surface area contributed by atoms with E-state index in [0.29, 0.717) is 19.3 Å². The van der Waals surface area contributed by atoms with E-state index in [1.54, 1.807) is 0 Å². The van der Waals surface area contributed by atoms with Crippen molar-refractivity contribution in [1.29, 1.82) is 0 Å². The van der Waals surface area contributed by atoms with E-state index in [1.807, 2.05) is 0 Å². The van der Waals surface area contributed by atoms with Crippen molar-refractivity contribution in [3.8, 4) is 0 Å². The summed E-state index contributed by atoms with van der Waals surface area (Å²) >= 11 is 0. The Hall–Kier alpha value is 0.340. The van der Waals surface area contributed by atoms with Crippen molar-refractivity contribution in [2.75, 3.05) is 7.11 Å². The Labute approximate surface area is 188 Å². The number of rotatable bonds is 18. The summed E-state index contributed by atoms with van der Waals surface area (Å²) < 4.78 is 42.0. The van der Waals surface area contributed by atoms with E-state index in [0.717, 1.165) is 51.4 Å². The second-order valence-corrected chi connectivity index (χ2v) is 7.93. The van der Waals surface area contributed by atoms with Gasteiger partial charge in [-0.3, -0.25) is 8.98 Å². The van der Waals surface area contributed by atoms with Gasteiger partial charge in [0.05, 0.1) is 13.2 Å². The van der Waals surface area contributed by atoms with E-state index in [2.05, 4.69) is 11.7 Å². The fourth-order valence-electron chi connectivity index (χ4n) is 3.01. The van der Waals surface area contributed by atoms with Crippen molar-refractivity contribution in [1.82, 2.24) is 0 Å². The molecule has 0 fully saturated rings. The minimum absolute atomic E-state index is 0. The molecule has 0 aromatic rings. The number of methoxy groups -OCH3 is 1. The third-order valence-corrected chi connectivity index (χ3v) is 5.03. The summed E-state index contributed by atoms with van der Waals surface area (Å²) in [5.74, 6) is -0.186. The molecule has 0 aliphatic heterocycles. The van der Waals surface area contributed by atoms with Gasteiger partial charge in [0.25, 0.3) is 0 Å². The zero-order valence-corrected chi connectivity index (χ0v) is 20.4. The van der Waals surface area contributed by atoms with Crippen molar-refractivity contribution >= 4 is 16.4 Å². The molecule has 1 atom stereocenters. The summed E-state index contributed by atoms with van der Waals surface area (Å²) in [6, 6.07) is 0. The molecule has 0 saturated carbocycles. The monoisotopic (exact) mass is 416 g/mol. The standard InChI is InChI=1S/C19H38O6S.Na/c1-3-4-5-6-7-9-12-15-18(25-26(21,22)23)16-13-10-8-11-14-17-19(20)24-2;/h18H,3-17H2,1-2H3,(H,21,22,23);/q;+1/p-1. The second-order valence-electron chi connectivity index (χ2n) is 6.92. The predicted octanol–water partition coefficient (Wildman–Crippen LogP) is 1.88. The molecular formula is C19H37NaO6S. The number of ether oxygens (including phenoxy) is 1. The average Bonchev–Trinajstić information content (AvgIpc) is 2.58. The summed E-state index contributed by atoms with van der Waals surface area (Å²) in [5, 5.41) is 0. The molecule has 0 radical (unpaired) electrons. The van der Waals surface area contributed by atoms with Crippen LogP contribution in [0.4, 0.5) is 0 Å². The van der Waals surface area contributed by atoms with Gasteiger partial charge in [-0.2, -0.15) is 0 Å². The first-order valence-electron chi connectivity index (χ1n) is 10.1. The van der Waals surface area contributed by atoms with E-state index in [1.165, 1.54) is 32.8 Å². The van der Waals surface area contributed by atoms with Crippen LogP contribution in [0.5, 0.6) is 0 Å². The Morgan fingerprint density at radius 2 is 1.30 bits per heavy atom. The summed E-state index contributed by atoms with van der Waals surface area (Å²) in [6.45, 7) is 2.18. The molecule has 0 spiro atoms. The number of hydrogen-bond acceptors (Lipinski definition) is 6. The number of unbranched alkanes of at least 4 members (excludes halogenated alkanes) is 10. The molecule has 0 bridgehead atoms. The Kier molecular flexibility index (Phi) is 21.5. The maximum atomic E-state index is 11.0. The predicted molar refractivity (Wildman–Crippen MR) is 102 cm³/mol. The van der Waals surface area contributed by atoms with Crippen molar-refractivity contribution in [3.05, 3.63) is 0 Å². The minimum atomic E-state index is -4.64. The third-order valence-electron chi connectivity index (χ3n) is 4.52. The fraction of sp³-hybridized carbons (Fsp3) is 0.947. The molecule has 156 valence electrons. The zero-order valence-electron chi connectivity index (χ0n) is 17.5. The minimum Gasteiger partial charge on any atom is -0.726 e. The molecule has 0 aromatic carbocycles. The van der Waals surface area contributed by atoms with E-state index in [-0.39, 0.29) is 35.5 Å². The van der Waals surface area contributed by atoms with Crippen LogP contribution in [0.3, 0.4) is 0 Å². The molecule has 8 heteroatoms. The SMILES string of the molecule is CCCCCCCCCC(CCCCCCCC(=O)OC)OS(=O)(=O)[O-].[Na+]. The molecule has 0 N–H and O–H groups in total. The van der Waals surface area contributed by atoms with Crippen LogP contribution in [0.2, 0.25) is 0 Å². The van der Waals surface area contributed by atoms with E-state index >= 15 is 0 Å². The van der Waals surface area contributed by atoms with Crippen molar-refractivity contribution in [2.24, 2.45) is 0 Å². The van der Waals surface area contributed by atoms with Crippen molar-refractivity contribution in [2.45, 2.75) is 109 Å². The Morgan fingerprint density at radius 1 is 0.852 bits per heavy atom. The van der Waals surface area contributed by atoms with Crippen molar-refractivity contribution < 1.29 is 56.2 Å². The van der Waals surface area contributed by atoms with Gasteiger partial charge in [0, 0.05) is 6.42 Å². The van der Waals surface area contributed by atoms with Crippen LogP contribution in [0.15, 0.2) is 0 Å². The van der Waals surface area contributed by atoms with Crippen LogP contribution < -0.4 is 29.6 Å². The molecule has 1 unspecified atom stereocenters. The number of esters is 1. The topological polar surface area (TPSA) is 92.7 Å². The van der Waals surface area contributed by atoms with Gasteiger partial charge < -0.3 is 9.29 Å². The molecule has 0 saturated heterocycles. The molecule has 0 aromatic heterocycles. The number of hydrogen-bond donors (Lipinski definition) is 0. The molecule has 0 amide bonds. The Morgan fingerprint density at radius 3 is 1.74 bits per heavy atom. The maximum Gasteiger partial charge on any atom is 1.00 e. The smallest absolute Gasteiger partial charge is 0.726 e. The second kappa shape index (κ2) is 19.6. The first-order valence-corrected chi connectivity index (χ1v) is 11.4. The average molecular weight is 417 g/mol. The van der Waals surface area contributed by atoms with Gasteiger partial charge in [-0.1, -0.05) is 77.6 Å². The van der Waals surface area contributed by atoms with Gasteiger partial charge in [-0.05, 0) is 19.3 Å². The first kappa shape index (κ1) is 29.5. The summed E-state index contributed by atoms with van der Waals surface area (Å²) in [6.07, 6.45) is 13.7. The summed E-state index contributed by atoms with van der Waals surface area (Å²) in [7, 11) is -3.26. The van der Waals surface area contributed by atoms with Gasteiger partial charge in [0.15, 0.2) is 0 Å². The molecule has 27 heavy (non-hydrogen) atoms. The van der Waals surface area contributed by atoms with Gasteiger partial charge >= 0.3 is 35.5 Å². The largest absolute Gasteiger partial charge is 1.00 e. The van der Waals surface area contributed by atoms with E-state index in [4.69, 9.17) is 4.18 Å². The van der Waals surface area contributed by atoms with E-state index < -0.39 is 16.5 Å². The van der Waals surface area contributed by atoms with Crippen LogP contribution in [0.1, 0.15) is 103 Å². The normalized spacial score (nSPS) is 12.4. The van der Waals surface area contributed by atoms with Crippen molar-refractivity contribution in [3.63, 3.8) is 0 Å². The molecule has 0 rings (SSSR count). The Balaban J connectivity index is 0. The van der Waals surface area contributed by atoms with Gasteiger partial charge in [-0.15, -0.1) is 0 Å². The number of carbonyl (C=O) groups excluding carboxylic acids is 1. The quantitative estimate of drug-likeness (QED) is 0.111.